The van der Waals surface area contributed by atoms with E-state index in [0.29, 0.717) is 5.56 Å². The highest BCUT2D eigenvalue weighted by Gasteiger charge is 2.25. The maximum atomic E-state index is 12.2. The second-order valence-electron chi connectivity index (χ2n) is 6.44. The van der Waals surface area contributed by atoms with Gasteiger partial charge in [0.25, 0.3) is 0 Å². The second kappa shape index (κ2) is 8.32. The van der Waals surface area contributed by atoms with Crippen LogP contribution in [0.25, 0.3) is 0 Å². The van der Waals surface area contributed by atoms with E-state index in [4.69, 9.17) is 0 Å². The van der Waals surface area contributed by atoms with Crippen molar-refractivity contribution >= 4 is 34.3 Å². The van der Waals surface area contributed by atoms with Gasteiger partial charge in [-0.15, -0.1) is 0 Å². The standard InChI is InChI=1S/C23H22N2O2/c1-16(26)23(17(2)27)21-15-20(24-18-9-5-3-6-10-18)13-14-22(21)25-19-11-7-4-8-12-19/h3-15,23-25H,1-2H3. The van der Waals surface area contributed by atoms with Gasteiger partial charge < -0.3 is 10.6 Å². The normalized spacial score (nSPS) is 10.5. The summed E-state index contributed by atoms with van der Waals surface area (Å²) in [7, 11) is 0. The van der Waals surface area contributed by atoms with Gasteiger partial charge in [-0.05, 0) is 61.9 Å². The lowest BCUT2D eigenvalue weighted by Gasteiger charge is -2.19. The molecule has 0 amide bonds. The van der Waals surface area contributed by atoms with Crippen LogP contribution in [0.3, 0.4) is 0 Å². The molecule has 0 aliphatic carbocycles. The Hall–Kier alpha value is -3.40. The molecule has 0 atom stereocenters. The highest BCUT2D eigenvalue weighted by Crippen LogP contribution is 2.32. The summed E-state index contributed by atoms with van der Waals surface area (Å²) in [4.78, 5) is 24.4. The molecule has 0 radical (unpaired) electrons. The summed E-state index contributed by atoms with van der Waals surface area (Å²) in [5, 5.41) is 6.64. The largest absolute Gasteiger partial charge is 0.356 e. The van der Waals surface area contributed by atoms with E-state index in [1.165, 1.54) is 13.8 Å². The molecule has 0 unspecified atom stereocenters. The summed E-state index contributed by atoms with van der Waals surface area (Å²) in [6.07, 6.45) is 0. The lowest BCUT2D eigenvalue weighted by atomic mass is 9.90. The minimum absolute atomic E-state index is 0.171. The van der Waals surface area contributed by atoms with Crippen molar-refractivity contribution in [2.24, 2.45) is 0 Å². The van der Waals surface area contributed by atoms with Gasteiger partial charge in [-0.1, -0.05) is 36.4 Å². The van der Waals surface area contributed by atoms with E-state index in [0.717, 1.165) is 22.7 Å². The summed E-state index contributed by atoms with van der Waals surface area (Å²) in [6.45, 7) is 2.91. The fourth-order valence-electron chi connectivity index (χ4n) is 3.08. The van der Waals surface area contributed by atoms with Gasteiger partial charge in [0.2, 0.25) is 0 Å². The van der Waals surface area contributed by atoms with Crippen LogP contribution in [-0.2, 0) is 9.59 Å². The van der Waals surface area contributed by atoms with E-state index in [2.05, 4.69) is 10.6 Å². The summed E-state index contributed by atoms with van der Waals surface area (Å²) in [5.41, 5.74) is 4.07. The van der Waals surface area contributed by atoms with Gasteiger partial charge in [0.15, 0.2) is 0 Å². The molecule has 0 heterocycles. The fraction of sp³-hybridized carbons (Fsp3) is 0.130. The number of ketones is 2. The number of hydrogen-bond donors (Lipinski definition) is 2. The van der Waals surface area contributed by atoms with E-state index in [-0.39, 0.29) is 11.6 Å². The first-order valence-corrected chi connectivity index (χ1v) is 8.83. The van der Waals surface area contributed by atoms with Crippen LogP contribution < -0.4 is 10.6 Å². The summed E-state index contributed by atoms with van der Waals surface area (Å²) < 4.78 is 0. The van der Waals surface area contributed by atoms with Crippen molar-refractivity contribution in [1.82, 2.24) is 0 Å². The summed E-state index contributed by atoms with van der Waals surface area (Å²) >= 11 is 0. The third-order valence-corrected chi connectivity index (χ3v) is 4.29. The van der Waals surface area contributed by atoms with Crippen LogP contribution >= 0.6 is 0 Å². The number of carbonyl (C=O) groups is 2. The molecule has 2 N–H and O–H groups in total. The SMILES string of the molecule is CC(=O)C(C(C)=O)c1cc(Nc2ccccc2)ccc1Nc1ccccc1. The van der Waals surface area contributed by atoms with Crippen molar-refractivity contribution in [3.63, 3.8) is 0 Å². The van der Waals surface area contributed by atoms with Crippen LogP contribution in [0, 0.1) is 0 Å². The molecule has 0 saturated heterocycles. The predicted octanol–water partition coefficient (Wildman–Crippen LogP) is 5.44. The lowest BCUT2D eigenvalue weighted by Crippen LogP contribution is -2.18. The minimum Gasteiger partial charge on any atom is -0.356 e. The van der Waals surface area contributed by atoms with E-state index in [1.54, 1.807) is 0 Å². The highest BCUT2D eigenvalue weighted by atomic mass is 16.1. The molecule has 3 rings (SSSR count). The van der Waals surface area contributed by atoms with E-state index in [9.17, 15) is 9.59 Å². The van der Waals surface area contributed by atoms with Crippen molar-refractivity contribution in [3.8, 4) is 0 Å². The molecule has 3 aromatic carbocycles. The Morgan fingerprint density at radius 2 is 1.19 bits per heavy atom. The molecule has 0 spiro atoms. The van der Waals surface area contributed by atoms with Crippen molar-refractivity contribution in [3.05, 3.63) is 84.4 Å². The van der Waals surface area contributed by atoms with Gasteiger partial charge >= 0.3 is 0 Å². The molecule has 0 bridgehead atoms. The molecule has 0 aromatic heterocycles. The van der Waals surface area contributed by atoms with Crippen LogP contribution in [0.1, 0.15) is 25.3 Å². The Kier molecular flexibility index (Phi) is 5.67. The molecule has 4 heteroatoms. The Balaban J connectivity index is 2.01. The number of anilines is 4. The molecule has 0 saturated carbocycles. The zero-order valence-electron chi connectivity index (χ0n) is 15.4. The zero-order valence-corrected chi connectivity index (χ0v) is 15.4. The topological polar surface area (TPSA) is 58.2 Å². The summed E-state index contributed by atoms with van der Waals surface area (Å²) in [5.74, 6) is -1.14. The maximum Gasteiger partial charge on any atom is 0.144 e. The number of hydrogen-bond acceptors (Lipinski definition) is 4. The first kappa shape index (κ1) is 18.4. The number of para-hydroxylation sites is 2. The lowest BCUT2D eigenvalue weighted by molar-refractivity contribution is -0.126. The molecular weight excluding hydrogens is 336 g/mol. The van der Waals surface area contributed by atoms with Crippen LogP contribution in [0.4, 0.5) is 22.7 Å². The molecule has 4 nitrogen and oxygen atoms in total. The Morgan fingerprint density at radius 3 is 1.70 bits per heavy atom. The quantitative estimate of drug-likeness (QED) is 0.553. The molecule has 3 aromatic rings. The molecular formula is C23H22N2O2. The van der Waals surface area contributed by atoms with Gasteiger partial charge in [0.1, 0.15) is 17.5 Å². The smallest absolute Gasteiger partial charge is 0.144 e. The van der Waals surface area contributed by atoms with E-state index < -0.39 is 5.92 Å². The van der Waals surface area contributed by atoms with Crippen molar-refractivity contribution in [2.45, 2.75) is 19.8 Å². The number of rotatable bonds is 7. The number of nitrogens with one attached hydrogen (secondary N) is 2. The molecule has 0 aliphatic heterocycles. The maximum absolute atomic E-state index is 12.2. The van der Waals surface area contributed by atoms with Crippen LogP contribution in [-0.4, -0.2) is 11.6 Å². The van der Waals surface area contributed by atoms with Crippen molar-refractivity contribution in [1.29, 1.82) is 0 Å². The summed E-state index contributed by atoms with van der Waals surface area (Å²) in [6, 6.07) is 25.1. The fourth-order valence-corrected chi connectivity index (χ4v) is 3.08. The van der Waals surface area contributed by atoms with Gasteiger partial charge in [0.05, 0.1) is 0 Å². The molecule has 0 aliphatic rings. The average Bonchev–Trinajstić information content (AvgIpc) is 2.65. The number of Topliss-reactive ketones (excluding diaryl/α,β-unsaturated/α-hetero) is 2. The van der Waals surface area contributed by atoms with Crippen LogP contribution in [0.15, 0.2) is 78.9 Å². The van der Waals surface area contributed by atoms with Crippen molar-refractivity contribution in [2.75, 3.05) is 10.6 Å². The third kappa shape index (κ3) is 4.61. The number of carbonyl (C=O) groups excluding carboxylic acids is 2. The average molecular weight is 358 g/mol. The Bertz CT molecular complexity index is 923. The van der Waals surface area contributed by atoms with Gasteiger partial charge in [-0.25, -0.2) is 0 Å². The van der Waals surface area contributed by atoms with Crippen LogP contribution in [0.2, 0.25) is 0 Å². The molecule has 136 valence electrons. The first-order valence-electron chi connectivity index (χ1n) is 8.83. The Morgan fingerprint density at radius 1 is 0.667 bits per heavy atom. The monoisotopic (exact) mass is 358 g/mol. The zero-order chi connectivity index (χ0) is 19.2. The number of benzene rings is 3. The molecule has 27 heavy (non-hydrogen) atoms. The molecule has 0 fully saturated rings. The van der Waals surface area contributed by atoms with E-state index in [1.807, 2.05) is 78.9 Å². The Labute approximate surface area is 159 Å². The van der Waals surface area contributed by atoms with Crippen molar-refractivity contribution < 1.29 is 9.59 Å². The second-order valence-corrected chi connectivity index (χ2v) is 6.44. The predicted molar refractivity (Wildman–Crippen MR) is 110 cm³/mol. The van der Waals surface area contributed by atoms with Crippen LogP contribution in [0.5, 0.6) is 0 Å². The minimum atomic E-state index is -0.797. The van der Waals surface area contributed by atoms with E-state index >= 15 is 0 Å². The first-order chi connectivity index (χ1) is 13.0. The van der Waals surface area contributed by atoms with Gasteiger partial charge in [-0.2, -0.15) is 0 Å². The van der Waals surface area contributed by atoms with Gasteiger partial charge in [0, 0.05) is 22.7 Å². The highest BCUT2D eigenvalue weighted by molar-refractivity contribution is 6.07. The third-order valence-electron chi connectivity index (χ3n) is 4.29. The van der Waals surface area contributed by atoms with Gasteiger partial charge in [-0.3, -0.25) is 9.59 Å².